The number of aryl methyl sites for hydroxylation is 2. The van der Waals surface area contributed by atoms with Gasteiger partial charge in [-0.3, -0.25) is 4.79 Å². The molecule has 29 heavy (non-hydrogen) atoms. The van der Waals surface area contributed by atoms with E-state index in [1.165, 1.54) is 16.7 Å². The van der Waals surface area contributed by atoms with E-state index in [1.54, 1.807) is 0 Å². The van der Waals surface area contributed by atoms with Crippen molar-refractivity contribution in [2.24, 2.45) is 0 Å². The highest BCUT2D eigenvalue weighted by atomic mass is 35.5. The van der Waals surface area contributed by atoms with Crippen LogP contribution in [0.2, 0.25) is 0 Å². The number of nitrogens with one attached hydrogen (secondary N) is 2. The van der Waals surface area contributed by atoms with Crippen LogP contribution in [0.1, 0.15) is 41.8 Å². The summed E-state index contributed by atoms with van der Waals surface area (Å²) in [4.78, 5) is 19.9. The Kier molecular flexibility index (Phi) is 8.08. The van der Waals surface area contributed by atoms with Crippen molar-refractivity contribution in [3.05, 3.63) is 65.0 Å². The molecule has 153 valence electrons. The molecule has 6 heteroatoms. The van der Waals surface area contributed by atoms with E-state index in [9.17, 15) is 4.79 Å². The van der Waals surface area contributed by atoms with Gasteiger partial charge < -0.3 is 10.3 Å². The average molecular weight is 412 g/mol. The Morgan fingerprint density at radius 2 is 1.90 bits per heavy atom. The predicted molar refractivity (Wildman–Crippen MR) is 118 cm³/mol. The number of aromatic nitrogens is 2. The van der Waals surface area contributed by atoms with E-state index in [2.05, 4.69) is 57.0 Å². The molecule has 3 rings (SSSR count). The second-order valence-corrected chi connectivity index (χ2v) is 7.62. The maximum absolute atomic E-state index is 12.1. The molecule has 0 saturated carbocycles. The van der Waals surface area contributed by atoms with Gasteiger partial charge in [0.2, 0.25) is 5.91 Å². The van der Waals surface area contributed by atoms with Crippen molar-refractivity contribution in [1.29, 1.82) is 0 Å². The molecular weight excluding hydrogens is 384 g/mol. The van der Waals surface area contributed by atoms with Gasteiger partial charge in [-0.2, -0.15) is 0 Å². The second kappa shape index (κ2) is 11.0. The monoisotopic (exact) mass is 411 g/mol. The van der Waals surface area contributed by atoms with Gasteiger partial charge in [0.15, 0.2) is 0 Å². The van der Waals surface area contributed by atoms with E-state index >= 15 is 0 Å². The SMILES string of the molecule is CNCc1cccc(CCCC(=O)[N]Cc2nc3ccc(CCCCl)cc3[nH]2)c1. The molecule has 0 aliphatic rings. The number of nitrogens with zero attached hydrogens (tertiary/aromatic N) is 2. The summed E-state index contributed by atoms with van der Waals surface area (Å²) in [6.07, 6.45) is 4.05. The Hall–Kier alpha value is -2.37. The molecule has 1 amide bonds. The van der Waals surface area contributed by atoms with Crippen LogP contribution in [-0.4, -0.2) is 28.8 Å². The fourth-order valence-electron chi connectivity index (χ4n) is 3.40. The van der Waals surface area contributed by atoms with Crippen molar-refractivity contribution >= 4 is 28.5 Å². The molecule has 1 radical (unpaired) electrons. The van der Waals surface area contributed by atoms with Gasteiger partial charge in [0.25, 0.3) is 0 Å². The highest BCUT2D eigenvalue weighted by Gasteiger charge is 2.08. The molecule has 1 aromatic heterocycles. The zero-order valence-electron chi connectivity index (χ0n) is 16.9. The quantitative estimate of drug-likeness (QED) is 0.466. The van der Waals surface area contributed by atoms with Crippen molar-refractivity contribution in [2.45, 2.75) is 45.2 Å². The minimum absolute atomic E-state index is 0.0698. The maximum Gasteiger partial charge on any atom is 0.241 e. The van der Waals surface area contributed by atoms with Crippen LogP contribution in [-0.2, 0) is 30.7 Å². The third kappa shape index (κ3) is 6.58. The largest absolute Gasteiger partial charge is 0.340 e. The summed E-state index contributed by atoms with van der Waals surface area (Å²) < 4.78 is 0. The van der Waals surface area contributed by atoms with E-state index < -0.39 is 0 Å². The van der Waals surface area contributed by atoms with Crippen molar-refractivity contribution in [1.82, 2.24) is 20.6 Å². The molecule has 3 aromatic rings. The number of rotatable bonds is 11. The first-order valence-electron chi connectivity index (χ1n) is 10.1. The summed E-state index contributed by atoms with van der Waals surface area (Å²) in [5.41, 5.74) is 5.64. The van der Waals surface area contributed by atoms with Gasteiger partial charge in [0.05, 0.1) is 11.0 Å². The summed E-state index contributed by atoms with van der Waals surface area (Å²) in [5.74, 6) is 1.32. The third-order valence-electron chi connectivity index (χ3n) is 4.83. The zero-order valence-corrected chi connectivity index (χ0v) is 17.6. The van der Waals surface area contributed by atoms with Crippen LogP contribution in [0.25, 0.3) is 11.0 Å². The van der Waals surface area contributed by atoms with E-state index in [0.29, 0.717) is 18.8 Å². The highest BCUT2D eigenvalue weighted by Crippen LogP contribution is 2.15. The second-order valence-electron chi connectivity index (χ2n) is 7.24. The lowest BCUT2D eigenvalue weighted by Gasteiger charge is -2.05. The van der Waals surface area contributed by atoms with Crippen molar-refractivity contribution in [2.75, 3.05) is 12.9 Å². The van der Waals surface area contributed by atoms with Crippen LogP contribution in [0.5, 0.6) is 0 Å². The lowest BCUT2D eigenvalue weighted by molar-refractivity contribution is -0.121. The van der Waals surface area contributed by atoms with Crippen LogP contribution >= 0.6 is 11.6 Å². The van der Waals surface area contributed by atoms with Gasteiger partial charge in [0.1, 0.15) is 12.4 Å². The first-order chi connectivity index (χ1) is 14.2. The van der Waals surface area contributed by atoms with Gasteiger partial charge in [-0.1, -0.05) is 30.3 Å². The summed E-state index contributed by atoms with van der Waals surface area (Å²) in [5, 5.41) is 7.34. The van der Waals surface area contributed by atoms with E-state index in [-0.39, 0.29) is 5.91 Å². The lowest BCUT2D eigenvalue weighted by atomic mass is 10.1. The minimum atomic E-state index is -0.0698. The number of imidazole rings is 1. The number of hydrogen-bond donors (Lipinski definition) is 2. The molecule has 0 spiro atoms. The summed E-state index contributed by atoms with van der Waals surface area (Å²) >= 11 is 5.77. The van der Waals surface area contributed by atoms with E-state index in [0.717, 1.165) is 49.1 Å². The molecular formula is C23H28ClN4O. The molecule has 2 aromatic carbocycles. The molecule has 0 fully saturated rings. The number of hydrogen-bond acceptors (Lipinski definition) is 3. The average Bonchev–Trinajstić information content (AvgIpc) is 3.13. The van der Waals surface area contributed by atoms with Crippen LogP contribution in [0.3, 0.4) is 0 Å². The van der Waals surface area contributed by atoms with Gasteiger partial charge in [0, 0.05) is 18.8 Å². The number of carbonyl (C=O) groups is 1. The Bertz CT molecular complexity index is 938. The Balaban J connectivity index is 1.44. The number of H-pyrrole nitrogens is 1. The van der Waals surface area contributed by atoms with E-state index in [1.807, 2.05) is 13.1 Å². The lowest BCUT2D eigenvalue weighted by Crippen LogP contribution is -2.15. The number of aromatic amines is 1. The number of benzene rings is 2. The number of fused-ring (bicyclic) bond motifs is 1. The topological polar surface area (TPSA) is 71.9 Å². The molecule has 0 aliphatic carbocycles. The number of amides is 1. The maximum atomic E-state index is 12.1. The number of carbonyl (C=O) groups excluding carboxylic acids is 1. The Morgan fingerprint density at radius 3 is 2.72 bits per heavy atom. The van der Waals surface area contributed by atoms with Crippen molar-refractivity contribution in [3.8, 4) is 0 Å². The number of halogens is 1. The molecule has 0 unspecified atom stereocenters. The minimum Gasteiger partial charge on any atom is -0.340 e. The third-order valence-corrected chi connectivity index (χ3v) is 5.10. The fraction of sp³-hybridized carbons (Fsp3) is 0.391. The summed E-state index contributed by atoms with van der Waals surface area (Å²) in [6.45, 7) is 1.15. The van der Waals surface area contributed by atoms with Crippen LogP contribution in [0.4, 0.5) is 0 Å². The summed E-state index contributed by atoms with van der Waals surface area (Å²) in [6, 6.07) is 14.6. The van der Waals surface area contributed by atoms with Crippen LogP contribution < -0.4 is 10.6 Å². The smallest absolute Gasteiger partial charge is 0.241 e. The van der Waals surface area contributed by atoms with E-state index in [4.69, 9.17) is 11.6 Å². The van der Waals surface area contributed by atoms with Crippen molar-refractivity contribution < 1.29 is 4.79 Å². The number of alkyl halides is 1. The first-order valence-corrected chi connectivity index (χ1v) is 10.7. The standard InChI is InChI=1S/C23H28ClN4O/c1-25-15-19-7-2-5-17(13-19)6-3-9-23(29)26-16-22-27-20-11-10-18(8-4-12-24)14-21(20)28-22/h2,5,7,10-11,13-14,25H,3-4,6,8-9,12,15-16H2,1H3,(H,27,28). The molecule has 0 atom stereocenters. The normalized spacial score (nSPS) is 11.1. The zero-order chi connectivity index (χ0) is 20.5. The molecule has 0 aliphatic heterocycles. The summed E-state index contributed by atoms with van der Waals surface area (Å²) in [7, 11) is 1.94. The van der Waals surface area contributed by atoms with Gasteiger partial charge in [-0.15, -0.1) is 11.6 Å². The van der Waals surface area contributed by atoms with Crippen LogP contribution in [0, 0.1) is 0 Å². The molecule has 5 nitrogen and oxygen atoms in total. The van der Waals surface area contributed by atoms with Crippen LogP contribution in [0.15, 0.2) is 42.5 Å². The van der Waals surface area contributed by atoms with Gasteiger partial charge >= 0.3 is 0 Å². The Morgan fingerprint density at radius 1 is 1.10 bits per heavy atom. The van der Waals surface area contributed by atoms with Gasteiger partial charge in [-0.05, 0) is 61.6 Å². The Labute approximate surface area is 177 Å². The first kappa shape index (κ1) is 21.3. The molecule has 1 heterocycles. The highest BCUT2D eigenvalue weighted by molar-refractivity contribution is 6.17. The predicted octanol–water partition coefficient (Wildman–Crippen LogP) is 4.11. The van der Waals surface area contributed by atoms with Gasteiger partial charge in [-0.25, -0.2) is 10.3 Å². The van der Waals surface area contributed by atoms with Crippen molar-refractivity contribution in [3.63, 3.8) is 0 Å². The molecule has 0 bridgehead atoms. The molecule has 2 N–H and O–H groups in total. The fourth-order valence-corrected chi connectivity index (χ4v) is 3.53. The molecule has 0 saturated heterocycles.